The molecule has 0 fully saturated rings. The summed E-state index contributed by atoms with van der Waals surface area (Å²) in [5.74, 6) is 0. The molecule has 6 nitrogen and oxygen atoms in total. The van der Waals surface area contributed by atoms with Crippen molar-refractivity contribution in [2.45, 2.75) is 49.3 Å². The fourth-order valence-electron chi connectivity index (χ4n) is 4.49. The molecule has 28 heavy (non-hydrogen) atoms. The summed E-state index contributed by atoms with van der Waals surface area (Å²) < 4.78 is 28.0. The van der Waals surface area contributed by atoms with Gasteiger partial charge in [-0.1, -0.05) is 6.07 Å². The van der Waals surface area contributed by atoms with Crippen LogP contribution in [0.5, 0.6) is 0 Å². The third-order valence-corrected chi connectivity index (χ3v) is 9.05. The van der Waals surface area contributed by atoms with Crippen LogP contribution < -0.4 is 10.0 Å². The molecule has 1 aromatic carbocycles. The number of nitrogens with zero attached hydrogens (tertiary/aromatic N) is 1. The highest BCUT2D eigenvalue weighted by molar-refractivity contribution is 7.92. The van der Waals surface area contributed by atoms with Crippen molar-refractivity contribution in [3.8, 4) is 0 Å². The van der Waals surface area contributed by atoms with E-state index in [2.05, 4.69) is 21.0 Å². The minimum absolute atomic E-state index is 0.217. The topological polar surface area (TPSA) is 78.5 Å². The van der Waals surface area contributed by atoms with Crippen molar-refractivity contribution in [2.75, 3.05) is 18.9 Å². The van der Waals surface area contributed by atoms with Gasteiger partial charge in [-0.25, -0.2) is 17.9 Å². The largest absolute Gasteiger partial charge is 0.333 e. The molecule has 0 bridgehead atoms. The third-order valence-electron chi connectivity index (χ3n) is 6.01. The molecule has 2 aliphatic carbocycles. The first kappa shape index (κ1) is 18.1. The number of amides is 2. The van der Waals surface area contributed by atoms with E-state index in [0.717, 1.165) is 67.7 Å². The van der Waals surface area contributed by atoms with Gasteiger partial charge in [-0.15, -0.1) is 11.3 Å². The molecule has 0 unspecified atom stereocenters. The number of aryl methyl sites for hydroxylation is 2. The molecule has 2 amide bonds. The number of hydrogen-bond acceptors (Lipinski definition) is 5. The molecule has 1 aliphatic heterocycles. The molecule has 0 spiro atoms. The van der Waals surface area contributed by atoms with Crippen LogP contribution in [0.2, 0.25) is 0 Å². The number of carbonyl (C=O) groups is 1. The third kappa shape index (κ3) is 3.03. The van der Waals surface area contributed by atoms with Crippen molar-refractivity contribution in [1.29, 1.82) is 0 Å². The Morgan fingerprint density at radius 1 is 1.04 bits per heavy atom. The van der Waals surface area contributed by atoms with Gasteiger partial charge >= 0.3 is 6.03 Å². The average Bonchev–Trinajstić information content (AvgIpc) is 3.23. The molecule has 148 valence electrons. The molecule has 0 saturated heterocycles. The van der Waals surface area contributed by atoms with Crippen LogP contribution in [0.25, 0.3) is 0 Å². The molecule has 0 radical (unpaired) electrons. The van der Waals surface area contributed by atoms with Crippen LogP contribution in [0.15, 0.2) is 16.3 Å². The molecule has 2 aromatic rings. The Hall–Kier alpha value is -1.90. The van der Waals surface area contributed by atoms with E-state index in [-0.39, 0.29) is 4.21 Å². The number of benzene rings is 1. The normalized spacial score (nSPS) is 18.0. The van der Waals surface area contributed by atoms with Gasteiger partial charge < -0.3 is 10.2 Å². The van der Waals surface area contributed by atoms with Gasteiger partial charge in [-0.3, -0.25) is 0 Å². The number of hydrogen-bond donors (Lipinski definition) is 2. The number of fused-ring (bicyclic) bond motifs is 3. The summed E-state index contributed by atoms with van der Waals surface area (Å²) >= 11 is 1.27. The van der Waals surface area contributed by atoms with Crippen molar-refractivity contribution < 1.29 is 13.2 Å². The van der Waals surface area contributed by atoms with E-state index in [1.165, 1.54) is 33.6 Å². The fourth-order valence-corrected chi connectivity index (χ4v) is 6.94. The van der Waals surface area contributed by atoms with Crippen LogP contribution in [0.1, 0.15) is 39.1 Å². The van der Waals surface area contributed by atoms with Gasteiger partial charge in [0.15, 0.2) is 0 Å². The second kappa shape index (κ2) is 6.57. The van der Waals surface area contributed by atoms with E-state index in [9.17, 15) is 13.2 Å². The van der Waals surface area contributed by atoms with Crippen molar-refractivity contribution in [3.63, 3.8) is 0 Å². The summed E-state index contributed by atoms with van der Waals surface area (Å²) in [6, 6.07) is 3.30. The quantitative estimate of drug-likeness (QED) is 0.805. The van der Waals surface area contributed by atoms with Gasteiger partial charge in [0.25, 0.3) is 10.0 Å². The molecule has 3 aliphatic rings. The van der Waals surface area contributed by atoms with Gasteiger partial charge in [0, 0.05) is 23.7 Å². The maximum absolute atomic E-state index is 12.8. The molecular weight excluding hydrogens is 394 g/mol. The Balaban J connectivity index is 1.37. The Labute approximate surface area is 169 Å². The van der Waals surface area contributed by atoms with E-state index < -0.39 is 16.1 Å². The molecule has 2 N–H and O–H groups in total. The highest BCUT2D eigenvalue weighted by Crippen LogP contribution is 2.39. The number of rotatable bonds is 3. The summed E-state index contributed by atoms with van der Waals surface area (Å²) in [5.41, 5.74) is 6.82. The van der Waals surface area contributed by atoms with Gasteiger partial charge in [0.1, 0.15) is 4.21 Å². The zero-order valence-electron chi connectivity index (χ0n) is 15.8. The number of nitrogens with one attached hydrogen (secondary N) is 2. The molecule has 1 aromatic heterocycles. The van der Waals surface area contributed by atoms with Crippen molar-refractivity contribution in [2.24, 2.45) is 0 Å². The summed E-state index contributed by atoms with van der Waals surface area (Å²) in [5, 5.41) is 2.86. The SMILES string of the molecule is CN1CCc2sc(S(=O)(=O)NC(=O)Nc3c4c(cc5c3CC5)CCC4)cc2C1. The molecule has 0 atom stereocenters. The van der Waals surface area contributed by atoms with E-state index in [0.29, 0.717) is 0 Å². The summed E-state index contributed by atoms with van der Waals surface area (Å²) in [6.45, 7) is 1.67. The zero-order valence-corrected chi connectivity index (χ0v) is 17.4. The average molecular weight is 418 g/mol. The number of anilines is 1. The lowest BCUT2D eigenvalue weighted by atomic mass is 9.83. The van der Waals surface area contributed by atoms with E-state index in [1.54, 1.807) is 6.07 Å². The fraction of sp³-hybridized carbons (Fsp3) is 0.450. The lowest BCUT2D eigenvalue weighted by Gasteiger charge is -2.26. The summed E-state index contributed by atoms with van der Waals surface area (Å²) in [6.07, 6.45) is 5.88. The first-order chi connectivity index (χ1) is 13.4. The number of urea groups is 1. The van der Waals surface area contributed by atoms with Gasteiger partial charge in [0.05, 0.1) is 0 Å². The molecule has 8 heteroatoms. The van der Waals surface area contributed by atoms with Crippen molar-refractivity contribution in [3.05, 3.63) is 44.8 Å². The molecule has 0 saturated carbocycles. The lowest BCUT2D eigenvalue weighted by Crippen LogP contribution is -2.35. The number of sulfonamides is 1. The molecule has 2 heterocycles. The Morgan fingerprint density at radius 2 is 1.82 bits per heavy atom. The highest BCUT2D eigenvalue weighted by Gasteiger charge is 2.29. The van der Waals surface area contributed by atoms with E-state index in [1.807, 2.05) is 7.05 Å². The predicted octanol–water partition coefficient (Wildman–Crippen LogP) is 2.83. The first-order valence-electron chi connectivity index (χ1n) is 9.71. The maximum atomic E-state index is 12.8. The number of thiophene rings is 1. The number of likely N-dealkylation sites (N-methyl/N-ethyl adjacent to an activating group) is 1. The van der Waals surface area contributed by atoms with Crippen LogP contribution >= 0.6 is 11.3 Å². The van der Waals surface area contributed by atoms with Gasteiger partial charge in [-0.2, -0.15) is 0 Å². The molecular formula is C20H23N3O3S2. The minimum Gasteiger partial charge on any atom is -0.307 e. The first-order valence-corrected chi connectivity index (χ1v) is 12.0. The van der Waals surface area contributed by atoms with Gasteiger partial charge in [-0.05, 0) is 79.5 Å². The maximum Gasteiger partial charge on any atom is 0.333 e. The van der Waals surface area contributed by atoms with Crippen molar-refractivity contribution >= 4 is 33.1 Å². The van der Waals surface area contributed by atoms with Crippen LogP contribution in [-0.2, 0) is 48.7 Å². The summed E-state index contributed by atoms with van der Waals surface area (Å²) in [7, 11) is -1.85. The lowest BCUT2D eigenvalue weighted by molar-refractivity contribution is 0.256. The smallest absolute Gasteiger partial charge is 0.307 e. The van der Waals surface area contributed by atoms with E-state index in [4.69, 9.17) is 0 Å². The Morgan fingerprint density at radius 3 is 2.61 bits per heavy atom. The predicted molar refractivity (Wildman–Crippen MR) is 110 cm³/mol. The molecule has 5 rings (SSSR count). The second-order valence-electron chi connectivity index (χ2n) is 7.94. The van der Waals surface area contributed by atoms with Crippen molar-refractivity contribution in [1.82, 2.24) is 9.62 Å². The zero-order chi connectivity index (χ0) is 19.5. The van der Waals surface area contributed by atoms with Crippen LogP contribution in [0, 0.1) is 0 Å². The Kier molecular flexibility index (Phi) is 4.26. The minimum atomic E-state index is -3.87. The highest BCUT2D eigenvalue weighted by atomic mass is 32.2. The van der Waals surface area contributed by atoms with Gasteiger partial charge in [0.2, 0.25) is 0 Å². The van der Waals surface area contributed by atoms with Crippen LogP contribution in [0.4, 0.5) is 10.5 Å². The second-order valence-corrected chi connectivity index (χ2v) is 11.0. The standard InChI is InChI=1S/C20H23N3O3S2/c1-23-8-7-17-14(11-23)10-18(27-17)28(25,26)22-20(24)21-19-15-4-2-3-12(15)9-13-5-6-16(13)19/h9-10H,2-8,11H2,1H3,(H2,21,22,24). The summed E-state index contributed by atoms with van der Waals surface area (Å²) in [4.78, 5) is 15.8. The van der Waals surface area contributed by atoms with Crippen LogP contribution in [-0.4, -0.2) is 32.9 Å². The monoisotopic (exact) mass is 417 g/mol. The van der Waals surface area contributed by atoms with Crippen LogP contribution in [0.3, 0.4) is 0 Å². The Bertz CT molecular complexity index is 1090. The van der Waals surface area contributed by atoms with E-state index >= 15 is 0 Å². The number of carbonyl (C=O) groups excluding carboxylic acids is 1.